The molecule has 2 heterocycles. The van der Waals surface area contributed by atoms with Crippen molar-refractivity contribution >= 4 is 17.5 Å². The SMILES string of the molecule is Cc1cncc(C(=O)Nc2cccc(CN3CCC(C(=O)NC4(C#N)CC4)CC3)c2)c1. The number of benzene rings is 1. The van der Waals surface area contributed by atoms with E-state index in [1.165, 1.54) is 0 Å². The summed E-state index contributed by atoms with van der Waals surface area (Å²) in [7, 11) is 0. The summed E-state index contributed by atoms with van der Waals surface area (Å²) in [6.07, 6.45) is 6.41. The Labute approximate surface area is 182 Å². The van der Waals surface area contributed by atoms with Gasteiger partial charge in [0.1, 0.15) is 5.54 Å². The standard InChI is InChI=1S/C24H27N5O2/c1-17-11-20(14-26-13-17)22(30)27-21-4-2-3-18(12-21)15-29-9-5-19(6-10-29)23(31)28-24(16-25)7-8-24/h2-4,11-14,19H,5-10,15H2,1H3,(H,27,30)(H,28,31). The Morgan fingerprint density at radius 3 is 2.68 bits per heavy atom. The van der Waals surface area contributed by atoms with E-state index in [9.17, 15) is 9.59 Å². The van der Waals surface area contributed by atoms with E-state index < -0.39 is 5.54 Å². The third kappa shape index (κ3) is 5.28. The van der Waals surface area contributed by atoms with Crippen molar-refractivity contribution in [3.63, 3.8) is 0 Å². The Balaban J connectivity index is 1.29. The molecule has 0 bridgehead atoms. The molecule has 1 aliphatic carbocycles. The van der Waals surface area contributed by atoms with Crippen LogP contribution in [0.15, 0.2) is 42.7 Å². The Hall–Kier alpha value is -3.24. The molecule has 31 heavy (non-hydrogen) atoms. The molecule has 4 rings (SSSR count). The molecule has 0 unspecified atom stereocenters. The van der Waals surface area contributed by atoms with Crippen molar-refractivity contribution in [2.45, 2.75) is 44.7 Å². The Bertz CT molecular complexity index is 1020. The van der Waals surface area contributed by atoms with E-state index in [1.54, 1.807) is 12.4 Å². The number of carbonyl (C=O) groups is 2. The highest BCUT2D eigenvalue weighted by Gasteiger charge is 2.45. The van der Waals surface area contributed by atoms with E-state index in [4.69, 9.17) is 5.26 Å². The van der Waals surface area contributed by atoms with Crippen LogP contribution in [0.2, 0.25) is 0 Å². The number of pyridine rings is 1. The van der Waals surface area contributed by atoms with Gasteiger partial charge in [0, 0.05) is 30.5 Å². The van der Waals surface area contributed by atoms with E-state index in [0.717, 1.165) is 62.1 Å². The minimum atomic E-state index is -0.590. The van der Waals surface area contributed by atoms with Gasteiger partial charge in [0.2, 0.25) is 5.91 Å². The zero-order valence-corrected chi connectivity index (χ0v) is 17.7. The molecule has 2 amide bonds. The maximum Gasteiger partial charge on any atom is 0.257 e. The van der Waals surface area contributed by atoms with Gasteiger partial charge in [-0.05, 0) is 75.0 Å². The first-order valence-electron chi connectivity index (χ1n) is 10.7. The van der Waals surface area contributed by atoms with Crippen molar-refractivity contribution in [1.82, 2.24) is 15.2 Å². The normalized spacial score (nSPS) is 18.1. The maximum absolute atomic E-state index is 12.5. The highest BCUT2D eigenvalue weighted by atomic mass is 16.2. The molecule has 0 spiro atoms. The average Bonchev–Trinajstić information content (AvgIpc) is 3.54. The minimum absolute atomic E-state index is 0.0179. The van der Waals surface area contributed by atoms with Crippen molar-refractivity contribution in [3.8, 4) is 6.07 Å². The van der Waals surface area contributed by atoms with Crippen molar-refractivity contribution in [2.24, 2.45) is 5.92 Å². The van der Waals surface area contributed by atoms with Crippen molar-refractivity contribution < 1.29 is 9.59 Å². The fourth-order valence-electron chi connectivity index (χ4n) is 3.97. The molecule has 2 N–H and O–H groups in total. The summed E-state index contributed by atoms with van der Waals surface area (Å²) < 4.78 is 0. The lowest BCUT2D eigenvalue weighted by Crippen LogP contribution is -2.44. The number of piperidine rings is 1. The van der Waals surface area contributed by atoms with Crippen LogP contribution in [-0.2, 0) is 11.3 Å². The second-order valence-corrected chi connectivity index (χ2v) is 8.64. The molecule has 160 valence electrons. The molecule has 1 saturated carbocycles. The van der Waals surface area contributed by atoms with Crippen LogP contribution in [-0.4, -0.2) is 40.3 Å². The summed E-state index contributed by atoms with van der Waals surface area (Å²) in [5.41, 5.74) is 2.76. The summed E-state index contributed by atoms with van der Waals surface area (Å²) >= 11 is 0. The predicted octanol–water partition coefficient (Wildman–Crippen LogP) is 3.03. The van der Waals surface area contributed by atoms with Crippen LogP contribution >= 0.6 is 0 Å². The van der Waals surface area contributed by atoms with Crippen LogP contribution in [0.25, 0.3) is 0 Å². The summed E-state index contributed by atoms with van der Waals surface area (Å²) in [5, 5.41) is 15.0. The fraction of sp³-hybridized carbons (Fsp3) is 0.417. The van der Waals surface area contributed by atoms with E-state index >= 15 is 0 Å². The quantitative estimate of drug-likeness (QED) is 0.753. The molecule has 2 aromatic rings. The van der Waals surface area contributed by atoms with Crippen LogP contribution in [0.4, 0.5) is 5.69 Å². The molecular weight excluding hydrogens is 390 g/mol. The van der Waals surface area contributed by atoms with E-state index in [1.807, 2.05) is 37.3 Å². The number of hydrogen-bond donors (Lipinski definition) is 2. The van der Waals surface area contributed by atoms with E-state index in [-0.39, 0.29) is 17.7 Å². The second-order valence-electron chi connectivity index (χ2n) is 8.64. The molecule has 7 heteroatoms. The first-order valence-corrected chi connectivity index (χ1v) is 10.7. The molecule has 2 aliphatic rings. The van der Waals surface area contributed by atoms with Gasteiger partial charge in [-0.2, -0.15) is 5.26 Å². The van der Waals surface area contributed by atoms with Gasteiger partial charge in [-0.15, -0.1) is 0 Å². The van der Waals surface area contributed by atoms with Gasteiger partial charge in [0.15, 0.2) is 0 Å². The second kappa shape index (κ2) is 8.86. The summed E-state index contributed by atoms with van der Waals surface area (Å²) in [4.78, 5) is 31.3. The molecule has 1 aromatic heterocycles. The first-order chi connectivity index (χ1) is 15.0. The number of aromatic nitrogens is 1. The zero-order chi connectivity index (χ0) is 21.8. The number of rotatable bonds is 6. The third-order valence-corrected chi connectivity index (χ3v) is 6.01. The lowest BCUT2D eigenvalue weighted by atomic mass is 9.95. The van der Waals surface area contributed by atoms with Gasteiger partial charge in [0.05, 0.1) is 11.6 Å². The van der Waals surface area contributed by atoms with Crippen molar-refractivity contribution in [3.05, 3.63) is 59.4 Å². The van der Waals surface area contributed by atoms with Gasteiger partial charge in [0.25, 0.3) is 5.91 Å². The number of carbonyl (C=O) groups excluding carboxylic acids is 2. The number of nitrogens with one attached hydrogen (secondary N) is 2. The molecule has 1 aliphatic heterocycles. The highest BCUT2D eigenvalue weighted by Crippen LogP contribution is 2.35. The van der Waals surface area contributed by atoms with Gasteiger partial charge in [-0.1, -0.05) is 12.1 Å². The van der Waals surface area contributed by atoms with Gasteiger partial charge < -0.3 is 10.6 Å². The molecule has 0 atom stereocenters. The first kappa shape index (κ1) is 21.0. The van der Waals surface area contributed by atoms with E-state index in [0.29, 0.717) is 5.56 Å². The molecule has 7 nitrogen and oxygen atoms in total. The Morgan fingerprint density at radius 1 is 1.23 bits per heavy atom. The summed E-state index contributed by atoms with van der Waals surface area (Å²) in [5.74, 6) is -0.171. The fourth-order valence-corrected chi connectivity index (χ4v) is 3.97. The van der Waals surface area contributed by atoms with Gasteiger partial charge in [-0.3, -0.25) is 19.5 Å². The van der Waals surface area contributed by atoms with Gasteiger partial charge >= 0.3 is 0 Å². The number of nitrogens with zero attached hydrogens (tertiary/aromatic N) is 3. The molecule has 1 aromatic carbocycles. The zero-order valence-electron chi connectivity index (χ0n) is 17.7. The summed E-state index contributed by atoms with van der Waals surface area (Å²) in [6, 6.07) is 11.9. The maximum atomic E-state index is 12.5. The number of aryl methyl sites for hydroxylation is 1. The van der Waals surface area contributed by atoms with Crippen LogP contribution in [0.1, 0.15) is 47.2 Å². The van der Waals surface area contributed by atoms with Crippen LogP contribution in [0.3, 0.4) is 0 Å². The number of hydrogen-bond acceptors (Lipinski definition) is 5. The minimum Gasteiger partial charge on any atom is -0.338 e. The van der Waals surface area contributed by atoms with Crippen LogP contribution < -0.4 is 10.6 Å². The highest BCUT2D eigenvalue weighted by molar-refractivity contribution is 6.04. The van der Waals surface area contributed by atoms with Crippen molar-refractivity contribution in [1.29, 1.82) is 5.26 Å². The van der Waals surface area contributed by atoms with Crippen LogP contribution in [0.5, 0.6) is 0 Å². The Morgan fingerprint density at radius 2 is 2.00 bits per heavy atom. The Kier molecular flexibility index (Phi) is 6.01. The van der Waals surface area contributed by atoms with Crippen LogP contribution in [0, 0.1) is 24.2 Å². The van der Waals surface area contributed by atoms with E-state index in [2.05, 4.69) is 26.6 Å². The van der Waals surface area contributed by atoms with Gasteiger partial charge in [-0.25, -0.2) is 0 Å². The number of anilines is 1. The topological polar surface area (TPSA) is 98.1 Å². The molecule has 1 saturated heterocycles. The smallest absolute Gasteiger partial charge is 0.257 e. The number of amides is 2. The largest absolute Gasteiger partial charge is 0.338 e. The van der Waals surface area contributed by atoms with Crippen molar-refractivity contribution in [2.75, 3.05) is 18.4 Å². The summed E-state index contributed by atoms with van der Waals surface area (Å²) in [6.45, 7) is 4.35. The monoisotopic (exact) mass is 417 g/mol. The molecule has 0 radical (unpaired) electrons. The average molecular weight is 418 g/mol. The molecule has 2 fully saturated rings. The lowest BCUT2D eigenvalue weighted by molar-refractivity contribution is -0.127. The predicted molar refractivity (Wildman–Crippen MR) is 117 cm³/mol. The third-order valence-electron chi connectivity index (χ3n) is 6.01. The number of nitriles is 1. The molecular formula is C24H27N5O2. The number of likely N-dealkylation sites (tertiary alicyclic amines) is 1. The lowest BCUT2D eigenvalue weighted by Gasteiger charge is -2.31.